The third kappa shape index (κ3) is 7.41. The van der Waals surface area contributed by atoms with E-state index in [1.807, 2.05) is 43.3 Å². The molecule has 0 amide bonds. The lowest BCUT2D eigenvalue weighted by Crippen LogP contribution is -1.84. The number of allylic oxidation sites excluding steroid dienone is 1. The number of hydrogen-bond donors (Lipinski definition) is 0. The molecule has 1 nitrogen and oxygen atoms in total. The van der Waals surface area contributed by atoms with Crippen LogP contribution in [-0.2, 0) is 11.3 Å². The van der Waals surface area contributed by atoms with Crippen LogP contribution in [0, 0.1) is 0 Å². The van der Waals surface area contributed by atoms with Crippen LogP contribution < -0.4 is 0 Å². The standard InChI is InChI=1S/C10H12O.C3H8/c1-2-8-11-9-10-6-4-3-5-7-10;1-3-2/h2-8H,9H2,1H3;3H2,1-2H3. The van der Waals surface area contributed by atoms with Crippen molar-refractivity contribution < 1.29 is 4.74 Å². The number of rotatable bonds is 3. The van der Waals surface area contributed by atoms with Gasteiger partial charge in [-0.2, -0.15) is 0 Å². The molecule has 1 heteroatoms. The van der Waals surface area contributed by atoms with Crippen LogP contribution >= 0.6 is 0 Å². The number of hydrogen-bond acceptors (Lipinski definition) is 1. The van der Waals surface area contributed by atoms with E-state index in [2.05, 4.69) is 13.8 Å². The van der Waals surface area contributed by atoms with Gasteiger partial charge in [0.15, 0.2) is 0 Å². The van der Waals surface area contributed by atoms with Crippen LogP contribution in [0.1, 0.15) is 32.8 Å². The van der Waals surface area contributed by atoms with E-state index in [0.717, 1.165) is 0 Å². The molecule has 0 aromatic heterocycles. The van der Waals surface area contributed by atoms with Crippen LogP contribution in [0.4, 0.5) is 0 Å². The highest BCUT2D eigenvalue weighted by atomic mass is 16.5. The Morgan fingerprint density at radius 3 is 2.21 bits per heavy atom. The monoisotopic (exact) mass is 192 g/mol. The quantitative estimate of drug-likeness (QED) is 0.654. The van der Waals surface area contributed by atoms with Gasteiger partial charge in [-0.25, -0.2) is 0 Å². The average Bonchev–Trinajstić information content (AvgIpc) is 2.21. The highest BCUT2D eigenvalue weighted by Gasteiger charge is 1.86. The molecule has 0 heterocycles. The summed E-state index contributed by atoms with van der Waals surface area (Å²) in [7, 11) is 0. The molecule has 0 bridgehead atoms. The zero-order valence-corrected chi connectivity index (χ0v) is 9.36. The molecule has 78 valence electrons. The van der Waals surface area contributed by atoms with Gasteiger partial charge in [0, 0.05) is 0 Å². The molecule has 0 atom stereocenters. The van der Waals surface area contributed by atoms with Gasteiger partial charge in [0.1, 0.15) is 6.61 Å². The van der Waals surface area contributed by atoms with Gasteiger partial charge in [0.05, 0.1) is 6.26 Å². The Kier molecular flexibility index (Phi) is 8.97. The molecule has 0 spiro atoms. The zero-order valence-electron chi connectivity index (χ0n) is 9.36. The lowest BCUT2D eigenvalue weighted by molar-refractivity contribution is 0.236. The van der Waals surface area contributed by atoms with Crippen LogP contribution in [-0.4, -0.2) is 0 Å². The fourth-order valence-electron chi connectivity index (χ4n) is 0.815. The van der Waals surface area contributed by atoms with Gasteiger partial charge in [0.25, 0.3) is 0 Å². The maximum absolute atomic E-state index is 5.19. The zero-order chi connectivity index (χ0) is 10.6. The second-order valence-electron chi connectivity index (χ2n) is 2.97. The molecule has 1 aromatic rings. The van der Waals surface area contributed by atoms with E-state index < -0.39 is 0 Å². The fraction of sp³-hybridized carbons (Fsp3) is 0.385. The first-order valence-electron chi connectivity index (χ1n) is 5.11. The molecule has 0 N–H and O–H groups in total. The molecule has 0 fully saturated rings. The van der Waals surface area contributed by atoms with Gasteiger partial charge in [-0.15, -0.1) is 0 Å². The van der Waals surface area contributed by atoms with E-state index in [0.29, 0.717) is 6.61 Å². The van der Waals surface area contributed by atoms with Crippen molar-refractivity contribution >= 4 is 0 Å². The smallest absolute Gasteiger partial charge is 0.112 e. The van der Waals surface area contributed by atoms with Crippen LogP contribution in [0.3, 0.4) is 0 Å². The average molecular weight is 192 g/mol. The maximum Gasteiger partial charge on any atom is 0.112 e. The highest BCUT2D eigenvalue weighted by Crippen LogP contribution is 1.99. The van der Waals surface area contributed by atoms with E-state index in [-0.39, 0.29) is 0 Å². The second kappa shape index (κ2) is 9.85. The van der Waals surface area contributed by atoms with Crippen LogP contribution in [0.25, 0.3) is 0 Å². The lowest BCUT2D eigenvalue weighted by atomic mass is 10.2. The summed E-state index contributed by atoms with van der Waals surface area (Å²) in [4.78, 5) is 0. The van der Waals surface area contributed by atoms with Gasteiger partial charge < -0.3 is 4.74 Å². The summed E-state index contributed by atoms with van der Waals surface area (Å²) >= 11 is 0. The maximum atomic E-state index is 5.19. The second-order valence-corrected chi connectivity index (χ2v) is 2.97. The number of benzene rings is 1. The van der Waals surface area contributed by atoms with Crippen molar-refractivity contribution in [2.75, 3.05) is 0 Å². The van der Waals surface area contributed by atoms with Crippen molar-refractivity contribution in [1.29, 1.82) is 0 Å². The normalized spacial score (nSPS) is 9.36. The summed E-state index contributed by atoms with van der Waals surface area (Å²) in [5, 5.41) is 0. The first-order valence-corrected chi connectivity index (χ1v) is 5.11. The molecule has 0 aliphatic rings. The SMILES string of the molecule is CC=COCc1ccccc1.CCC. The third-order valence-electron chi connectivity index (χ3n) is 1.33. The molecule has 0 saturated carbocycles. The highest BCUT2D eigenvalue weighted by molar-refractivity contribution is 5.13. The van der Waals surface area contributed by atoms with Gasteiger partial charge in [-0.1, -0.05) is 56.7 Å². The van der Waals surface area contributed by atoms with Crippen molar-refractivity contribution in [2.24, 2.45) is 0 Å². The van der Waals surface area contributed by atoms with Gasteiger partial charge in [-0.3, -0.25) is 0 Å². The number of ether oxygens (including phenoxy) is 1. The van der Waals surface area contributed by atoms with Gasteiger partial charge in [-0.05, 0) is 12.5 Å². The Bertz CT molecular complexity index is 226. The Balaban J connectivity index is 0.000000500. The molecule has 1 rings (SSSR count). The topological polar surface area (TPSA) is 9.23 Å². The predicted octanol–water partition coefficient (Wildman–Crippen LogP) is 4.15. The molecule has 14 heavy (non-hydrogen) atoms. The molecule has 1 aromatic carbocycles. The van der Waals surface area contributed by atoms with Crippen molar-refractivity contribution in [2.45, 2.75) is 33.8 Å². The summed E-state index contributed by atoms with van der Waals surface area (Å²) in [5.74, 6) is 0. The summed E-state index contributed by atoms with van der Waals surface area (Å²) in [6.07, 6.45) is 4.83. The van der Waals surface area contributed by atoms with E-state index in [1.54, 1.807) is 6.26 Å². The van der Waals surface area contributed by atoms with Crippen molar-refractivity contribution in [3.05, 3.63) is 48.2 Å². The van der Waals surface area contributed by atoms with Crippen LogP contribution in [0.2, 0.25) is 0 Å². The van der Waals surface area contributed by atoms with Crippen molar-refractivity contribution in [3.8, 4) is 0 Å². The minimum Gasteiger partial charge on any atom is -0.497 e. The minimum absolute atomic E-state index is 0.658. The van der Waals surface area contributed by atoms with Crippen molar-refractivity contribution in [1.82, 2.24) is 0 Å². The predicted molar refractivity (Wildman–Crippen MR) is 62.0 cm³/mol. The third-order valence-corrected chi connectivity index (χ3v) is 1.33. The molecule has 0 saturated heterocycles. The molecular formula is C13H20O. The summed E-state index contributed by atoms with van der Waals surface area (Å²) < 4.78 is 5.19. The first kappa shape index (κ1) is 12.8. The van der Waals surface area contributed by atoms with Gasteiger partial charge >= 0.3 is 0 Å². The van der Waals surface area contributed by atoms with E-state index >= 15 is 0 Å². The summed E-state index contributed by atoms with van der Waals surface area (Å²) in [6.45, 7) is 6.84. The largest absolute Gasteiger partial charge is 0.497 e. The lowest BCUT2D eigenvalue weighted by Gasteiger charge is -1.98. The summed E-state index contributed by atoms with van der Waals surface area (Å²) in [5.41, 5.74) is 1.20. The van der Waals surface area contributed by atoms with E-state index in [4.69, 9.17) is 4.74 Å². The first-order chi connectivity index (χ1) is 6.85. The Hall–Kier alpha value is -1.24. The Labute approximate surface area is 87.4 Å². The fourth-order valence-corrected chi connectivity index (χ4v) is 0.815. The molecular weight excluding hydrogens is 172 g/mol. The molecule has 0 aliphatic heterocycles. The van der Waals surface area contributed by atoms with Gasteiger partial charge in [0.2, 0.25) is 0 Å². The Morgan fingerprint density at radius 2 is 1.71 bits per heavy atom. The van der Waals surface area contributed by atoms with Crippen LogP contribution in [0.15, 0.2) is 42.7 Å². The van der Waals surface area contributed by atoms with E-state index in [9.17, 15) is 0 Å². The molecule has 0 aliphatic carbocycles. The molecule has 0 radical (unpaired) electrons. The Morgan fingerprint density at radius 1 is 1.14 bits per heavy atom. The summed E-state index contributed by atoms with van der Waals surface area (Å²) in [6, 6.07) is 10.1. The van der Waals surface area contributed by atoms with Crippen molar-refractivity contribution in [3.63, 3.8) is 0 Å². The molecule has 0 unspecified atom stereocenters. The van der Waals surface area contributed by atoms with Crippen LogP contribution in [0.5, 0.6) is 0 Å². The minimum atomic E-state index is 0.658. The van der Waals surface area contributed by atoms with E-state index in [1.165, 1.54) is 12.0 Å².